The Bertz CT molecular complexity index is 785. The molecule has 0 saturated carbocycles. The number of carbonyl (C=O) groups excluding carboxylic acids is 2. The van der Waals surface area contributed by atoms with Crippen LogP contribution < -0.4 is 0 Å². The van der Waals surface area contributed by atoms with E-state index in [4.69, 9.17) is 4.74 Å². The van der Waals surface area contributed by atoms with E-state index in [1.807, 2.05) is 32.1 Å². The number of imide groups is 1. The van der Waals surface area contributed by atoms with Crippen molar-refractivity contribution in [3.63, 3.8) is 0 Å². The molecule has 0 bridgehead atoms. The number of ether oxygens (including phenoxy) is 1. The summed E-state index contributed by atoms with van der Waals surface area (Å²) in [4.78, 5) is 28.7. The summed E-state index contributed by atoms with van der Waals surface area (Å²) in [6.07, 6.45) is 6.60. The Morgan fingerprint density at radius 3 is 2.72 bits per heavy atom. The lowest BCUT2D eigenvalue weighted by atomic mass is 9.82. The van der Waals surface area contributed by atoms with Gasteiger partial charge in [0.15, 0.2) is 0 Å². The molecule has 6 nitrogen and oxygen atoms in total. The summed E-state index contributed by atoms with van der Waals surface area (Å²) in [7, 11) is 1.68. The summed E-state index contributed by atoms with van der Waals surface area (Å²) in [5.74, 6) is -0.137. The molecule has 29 heavy (non-hydrogen) atoms. The van der Waals surface area contributed by atoms with Gasteiger partial charge in [-0.15, -0.1) is 5.73 Å². The molecule has 1 saturated heterocycles. The zero-order chi connectivity index (χ0) is 21.4. The van der Waals surface area contributed by atoms with Crippen LogP contribution in [0.3, 0.4) is 0 Å². The molecule has 1 fully saturated rings. The van der Waals surface area contributed by atoms with Crippen molar-refractivity contribution in [1.82, 2.24) is 9.80 Å². The molecule has 1 heterocycles. The van der Waals surface area contributed by atoms with Gasteiger partial charge in [-0.2, -0.15) is 0 Å². The molecule has 2 atom stereocenters. The minimum Gasteiger partial charge on any atom is -0.508 e. The monoisotopic (exact) mass is 400 g/mol. The maximum atomic E-state index is 13.2. The summed E-state index contributed by atoms with van der Waals surface area (Å²) in [5, 5.41) is 9.50. The van der Waals surface area contributed by atoms with Gasteiger partial charge in [0.25, 0.3) is 5.91 Å². The van der Waals surface area contributed by atoms with Gasteiger partial charge in [0, 0.05) is 13.0 Å². The topological polar surface area (TPSA) is 70.1 Å². The summed E-state index contributed by atoms with van der Waals surface area (Å²) >= 11 is 0. The number of nitrogens with zero attached hydrogens (tertiary/aromatic N) is 2. The SMILES string of the molecule is CCCC=C=CC(CC)C1(C)C(=O)N(CCOCc2cccc(O)c2)C(=O)N1C. The summed E-state index contributed by atoms with van der Waals surface area (Å²) in [5.41, 5.74) is 3.09. The molecule has 1 N–H and O–H groups in total. The van der Waals surface area contributed by atoms with E-state index in [-0.39, 0.29) is 36.8 Å². The maximum Gasteiger partial charge on any atom is 0.327 e. The van der Waals surface area contributed by atoms with E-state index in [1.165, 1.54) is 9.80 Å². The van der Waals surface area contributed by atoms with Crippen LogP contribution in [0, 0.1) is 5.92 Å². The van der Waals surface area contributed by atoms with Crippen molar-refractivity contribution in [3.05, 3.63) is 47.7 Å². The predicted molar refractivity (Wildman–Crippen MR) is 112 cm³/mol. The molecule has 0 aromatic heterocycles. The van der Waals surface area contributed by atoms with Gasteiger partial charge >= 0.3 is 6.03 Å². The van der Waals surface area contributed by atoms with Crippen molar-refractivity contribution >= 4 is 11.9 Å². The average molecular weight is 401 g/mol. The maximum absolute atomic E-state index is 13.2. The van der Waals surface area contributed by atoms with Gasteiger partial charge in [-0.3, -0.25) is 9.69 Å². The average Bonchev–Trinajstić information content (AvgIpc) is 2.87. The second kappa shape index (κ2) is 10.3. The molecule has 3 amide bonds. The van der Waals surface area contributed by atoms with Crippen LogP contribution in [0.4, 0.5) is 4.79 Å². The lowest BCUT2D eigenvalue weighted by Gasteiger charge is -2.34. The van der Waals surface area contributed by atoms with E-state index in [0.29, 0.717) is 6.61 Å². The normalized spacial score (nSPS) is 20.0. The van der Waals surface area contributed by atoms with Crippen LogP contribution in [0.25, 0.3) is 0 Å². The molecule has 158 valence electrons. The van der Waals surface area contributed by atoms with E-state index >= 15 is 0 Å². The number of carbonyl (C=O) groups is 2. The number of unbranched alkanes of at least 4 members (excludes halogenated alkanes) is 1. The van der Waals surface area contributed by atoms with Crippen molar-refractivity contribution in [2.24, 2.45) is 5.92 Å². The number of phenols is 1. The zero-order valence-electron chi connectivity index (χ0n) is 17.9. The molecule has 6 heteroatoms. The smallest absolute Gasteiger partial charge is 0.327 e. The molecule has 1 aromatic rings. The number of aromatic hydroxyl groups is 1. The first-order valence-electron chi connectivity index (χ1n) is 10.2. The van der Waals surface area contributed by atoms with Crippen LogP contribution in [-0.4, -0.2) is 52.6 Å². The third-order valence-corrected chi connectivity index (χ3v) is 5.54. The molecule has 2 unspecified atom stereocenters. The Hall–Kier alpha value is -2.56. The molecule has 1 aromatic carbocycles. The fourth-order valence-corrected chi connectivity index (χ4v) is 3.57. The third kappa shape index (κ3) is 5.08. The quantitative estimate of drug-likeness (QED) is 0.365. The van der Waals surface area contributed by atoms with Crippen molar-refractivity contribution < 1.29 is 19.4 Å². The molecule has 0 aliphatic carbocycles. The summed E-state index contributed by atoms with van der Waals surface area (Å²) in [6.45, 7) is 6.68. The first kappa shape index (κ1) is 22.7. The minimum atomic E-state index is -0.926. The van der Waals surface area contributed by atoms with Gasteiger partial charge < -0.3 is 14.7 Å². The zero-order valence-corrected chi connectivity index (χ0v) is 17.9. The van der Waals surface area contributed by atoms with Crippen molar-refractivity contribution in [3.8, 4) is 5.75 Å². The number of rotatable bonds is 10. The Morgan fingerprint density at radius 2 is 2.07 bits per heavy atom. The number of amides is 3. The van der Waals surface area contributed by atoms with Crippen LogP contribution >= 0.6 is 0 Å². The van der Waals surface area contributed by atoms with Gasteiger partial charge in [0.1, 0.15) is 11.3 Å². The van der Waals surface area contributed by atoms with Gasteiger partial charge in [0.2, 0.25) is 0 Å². The Kier molecular flexibility index (Phi) is 8.06. The van der Waals surface area contributed by atoms with Crippen LogP contribution in [0.5, 0.6) is 5.75 Å². The molecular weight excluding hydrogens is 368 g/mol. The second-order valence-corrected chi connectivity index (χ2v) is 7.51. The van der Waals surface area contributed by atoms with Crippen LogP contribution in [0.15, 0.2) is 42.1 Å². The second-order valence-electron chi connectivity index (χ2n) is 7.51. The molecule has 1 aliphatic heterocycles. The van der Waals surface area contributed by atoms with Crippen LogP contribution in [0.1, 0.15) is 45.6 Å². The van der Waals surface area contributed by atoms with Gasteiger partial charge in [-0.1, -0.05) is 32.4 Å². The van der Waals surface area contributed by atoms with Gasteiger partial charge in [0.05, 0.1) is 19.8 Å². The summed E-state index contributed by atoms with van der Waals surface area (Å²) in [6, 6.07) is 6.51. The van der Waals surface area contributed by atoms with E-state index in [2.05, 4.69) is 12.7 Å². The highest BCUT2D eigenvalue weighted by Crippen LogP contribution is 2.35. The standard InChI is InChI=1S/C23H32N2O4/c1-5-7-8-9-12-19(6-2)23(3)21(27)25(22(28)24(23)4)14-15-29-17-18-11-10-13-20(26)16-18/h8,10-13,16,19,26H,5-7,14-15,17H2,1-4H3. The Labute approximate surface area is 173 Å². The highest BCUT2D eigenvalue weighted by atomic mass is 16.5. The van der Waals surface area contributed by atoms with Crippen molar-refractivity contribution in [2.75, 3.05) is 20.2 Å². The number of benzene rings is 1. The Balaban J connectivity index is 2.02. The number of likely N-dealkylation sites (N-methyl/N-ethyl adjacent to an activating group) is 1. The molecule has 1 aliphatic rings. The molecular formula is C23H32N2O4. The van der Waals surface area contributed by atoms with Crippen molar-refractivity contribution in [1.29, 1.82) is 0 Å². The number of urea groups is 1. The lowest BCUT2D eigenvalue weighted by molar-refractivity contribution is -0.134. The lowest BCUT2D eigenvalue weighted by Crippen LogP contribution is -2.50. The first-order valence-corrected chi connectivity index (χ1v) is 10.2. The number of hydrogen-bond donors (Lipinski definition) is 1. The fraction of sp³-hybridized carbons (Fsp3) is 0.522. The van der Waals surface area contributed by atoms with Crippen LogP contribution in [-0.2, 0) is 16.1 Å². The Morgan fingerprint density at radius 1 is 1.31 bits per heavy atom. The number of hydrogen-bond acceptors (Lipinski definition) is 4. The van der Waals surface area contributed by atoms with Crippen molar-refractivity contribution in [2.45, 2.75) is 52.2 Å². The largest absolute Gasteiger partial charge is 0.508 e. The van der Waals surface area contributed by atoms with Crippen LogP contribution in [0.2, 0.25) is 0 Å². The van der Waals surface area contributed by atoms with Gasteiger partial charge in [-0.25, -0.2) is 4.79 Å². The molecule has 0 radical (unpaired) electrons. The van der Waals surface area contributed by atoms with E-state index in [9.17, 15) is 14.7 Å². The van der Waals surface area contributed by atoms with E-state index < -0.39 is 5.54 Å². The molecule has 0 spiro atoms. The minimum absolute atomic E-state index is 0.115. The number of phenolic OH excluding ortho intramolecular Hbond substituents is 1. The summed E-state index contributed by atoms with van der Waals surface area (Å²) < 4.78 is 5.61. The predicted octanol–water partition coefficient (Wildman–Crippen LogP) is 4.10. The highest BCUT2D eigenvalue weighted by Gasteiger charge is 2.55. The highest BCUT2D eigenvalue weighted by molar-refractivity contribution is 6.07. The first-order chi connectivity index (χ1) is 13.9. The van der Waals surface area contributed by atoms with E-state index in [0.717, 1.165) is 24.8 Å². The molecule has 2 rings (SSSR count). The third-order valence-electron chi connectivity index (χ3n) is 5.54. The van der Waals surface area contributed by atoms with E-state index in [1.54, 1.807) is 25.2 Å². The fourth-order valence-electron chi connectivity index (χ4n) is 3.57. The van der Waals surface area contributed by atoms with Gasteiger partial charge in [-0.05, 0) is 49.6 Å².